The molecule has 4 nitrogen and oxygen atoms in total. The molecule has 3 atom stereocenters. The number of carbonyl (C=O) groups is 1. The molecule has 2 rings (SSSR count). The molecule has 0 aromatic rings. The first-order valence-corrected chi connectivity index (χ1v) is 6.69. The van der Waals surface area contributed by atoms with Crippen molar-refractivity contribution in [2.24, 2.45) is 5.92 Å². The summed E-state index contributed by atoms with van der Waals surface area (Å²) in [6.07, 6.45) is 3.39. The minimum atomic E-state index is -0.268. The standard InChI is InChI=1S/C13H24N2O2/c1-4-17-13(2,3)8-14-12(16)10-7-9-5-6-11(10)15-9/h9-11,15H,4-8H2,1-3H3,(H,14,16). The third kappa shape index (κ3) is 2.99. The number of hydrogen-bond donors (Lipinski definition) is 2. The summed E-state index contributed by atoms with van der Waals surface area (Å²) < 4.78 is 5.57. The van der Waals surface area contributed by atoms with Crippen molar-refractivity contribution in [3.63, 3.8) is 0 Å². The van der Waals surface area contributed by atoms with Gasteiger partial charge in [0.2, 0.25) is 5.91 Å². The summed E-state index contributed by atoms with van der Waals surface area (Å²) >= 11 is 0. The van der Waals surface area contributed by atoms with Crippen molar-refractivity contribution in [3.8, 4) is 0 Å². The minimum Gasteiger partial charge on any atom is -0.374 e. The number of fused-ring (bicyclic) bond motifs is 2. The van der Waals surface area contributed by atoms with Crippen LogP contribution < -0.4 is 10.6 Å². The summed E-state index contributed by atoms with van der Waals surface area (Å²) in [6.45, 7) is 7.27. The molecule has 3 unspecified atom stereocenters. The molecule has 4 heteroatoms. The van der Waals surface area contributed by atoms with Crippen molar-refractivity contribution < 1.29 is 9.53 Å². The van der Waals surface area contributed by atoms with Crippen LogP contribution in [0.15, 0.2) is 0 Å². The predicted molar refractivity (Wildman–Crippen MR) is 66.8 cm³/mol. The van der Waals surface area contributed by atoms with Crippen LogP contribution in [0.5, 0.6) is 0 Å². The van der Waals surface area contributed by atoms with Gasteiger partial charge < -0.3 is 15.4 Å². The molecular weight excluding hydrogens is 216 g/mol. The Morgan fingerprint density at radius 3 is 2.76 bits per heavy atom. The van der Waals surface area contributed by atoms with Crippen LogP contribution in [-0.2, 0) is 9.53 Å². The SMILES string of the molecule is CCOC(C)(C)CNC(=O)C1CC2CCC1N2. The zero-order chi connectivity index (χ0) is 12.5. The second-order valence-electron chi connectivity index (χ2n) is 5.80. The van der Waals surface area contributed by atoms with E-state index in [1.165, 1.54) is 6.42 Å². The maximum atomic E-state index is 12.1. The fraction of sp³-hybridized carbons (Fsp3) is 0.923. The molecule has 1 amide bonds. The lowest BCUT2D eigenvalue weighted by molar-refractivity contribution is -0.127. The second-order valence-corrected chi connectivity index (χ2v) is 5.80. The maximum absolute atomic E-state index is 12.1. The van der Waals surface area contributed by atoms with E-state index < -0.39 is 0 Å². The topological polar surface area (TPSA) is 50.4 Å². The zero-order valence-electron chi connectivity index (χ0n) is 11.1. The summed E-state index contributed by atoms with van der Waals surface area (Å²) in [5, 5.41) is 6.52. The van der Waals surface area contributed by atoms with Gasteiger partial charge in [-0.1, -0.05) is 0 Å². The highest BCUT2D eigenvalue weighted by Crippen LogP contribution is 2.33. The molecule has 0 aliphatic carbocycles. The summed E-state index contributed by atoms with van der Waals surface area (Å²) in [5.41, 5.74) is -0.268. The summed E-state index contributed by atoms with van der Waals surface area (Å²) in [4.78, 5) is 12.1. The zero-order valence-corrected chi connectivity index (χ0v) is 11.1. The van der Waals surface area contributed by atoms with E-state index in [0.29, 0.717) is 25.2 Å². The lowest BCUT2D eigenvalue weighted by Crippen LogP contribution is -2.45. The molecule has 2 heterocycles. The van der Waals surface area contributed by atoms with Crippen LogP contribution in [0.3, 0.4) is 0 Å². The van der Waals surface area contributed by atoms with Crippen LogP contribution >= 0.6 is 0 Å². The molecule has 0 aromatic carbocycles. The average molecular weight is 240 g/mol. The van der Waals surface area contributed by atoms with E-state index in [2.05, 4.69) is 10.6 Å². The Bertz CT molecular complexity index is 291. The molecule has 0 aromatic heterocycles. The Morgan fingerprint density at radius 2 is 2.24 bits per heavy atom. The number of ether oxygens (including phenoxy) is 1. The average Bonchev–Trinajstić information content (AvgIpc) is 2.87. The molecule has 2 fully saturated rings. The predicted octanol–water partition coefficient (Wildman–Crippen LogP) is 1.06. The molecule has 2 aliphatic heterocycles. The fourth-order valence-corrected chi connectivity index (χ4v) is 2.99. The van der Waals surface area contributed by atoms with Gasteiger partial charge in [0.15, 0.2) is 0 Å². The first kappa shape index (κ1) is 12.8. The molecule has 2 N–H and O–H groups in total. The van der Waals surface area contributed by atoms with Crippen LogP contribution in [-0.4, -0.2) is 36.7 Å². The van der Waals surface area contributed by atoms with Crippen molar-refractivity contribution in [1.82, 2.24) is 10.6 Å². The smallest absolute Gasteiger partial charge is 0.224 e. The van der Waals surface area contributed by atoms with E-state index in [1.807, 2.05) is 20.8 Å². The van der Waals surface area contributed by atoms with E-state index in [1.54, 1.807) is 0 Å². The summed E-state index contributed by atoms with van der Waals surface area (Å²) in [7, 11) is 0. The van der Waals surface area contributed by atoms with Gasteiger partial charge in [-0.05, 0) is 40.0 Å². The molecule has 2 bridgehead atoms. The third-order valence-corrected chi connectivity index (χ3v) is 3.86. The molecule has 2 aliphatic rings. The van der Waals surface area contributed by atoms with Crippen LogP contribution in [0, 0.1) is 5.92 Å². The first-order chi connectivity index (χ1) is 8.02. The Morgan fingerprint density at radius 1 is 1.47 bits per heavy atom. The van der Waals surface area contributed by atoms with Crippen LogP contribution in [0.25, 0.3) is 0 Å². The van der Waals surface area contributed by atoms with E-state index in [0.717, 1.165) is 12.8 Å². The third-order valence-electron chi connectivity index (χ3n) is 3.86. The molecule has 17 heavy (non-hydrogen) atoms. The Balaban J connectivity index is 1.78. The monoisotopic (exact) mass is 240 g/mol. The molecule has 2 saturated heterocycles. The van der Waals surface area contributed by atoms with E-state index in [4.69, 9.17) is 4.74 Å². The highest BCUT2D eigenvalue weighted by atomic mass is 16.5. The highest BCUT2D eigenvalue weighted by molar-refractivity contribution is 5.80. The maximum Gasteiger partial charge on any atom is 0.224 e. The molecule has 98 valence electrons. The van der Waals surface area contributed by atoms with Gasteiger partial charge >= 0.3 is 0 Å². The molecular formula is C13H24N2O2. The Hall–Kier alpha value is -0.610. The Kier molecular flexibility index (Phi) is 3.73. The first-order valence-electron chi connectivity index (χ1n) is 6.69. The van der Waals surface area contributed by atoms with Gasteiger partial charge in [-0.25, -0.2) is 0 Å². The quantitative estimate of drug-likeness (QED) is 0.755. The summed E-state index contributed by atoms with van der Waals surface area (Å²) in [6, 6.07) is 0.992. The van der Waals surface area contributed by atoms with Crippen molar-refractivity contribution in [2.45, 2.75) is 57.7 Å². The molecule has 0 saturated carbocycles. The number of hydrogen-bond acceptors (Lipinski definition) is 3. The Labute approximate surface area is 103 Å². The van der Waals surface area contributed by atoms with Gasteiger partial charge in [0, 0.05) is 25.2 Å². The van der Waals surface area contributed by atoms with Crippen LogP contribution in [0.4, 0.5) is 0 Å². The fourth-order valence-electron chi connectivity index (χ4n) is 2.99. The number of carbonyl (C=O) groups excluding carboxylic acids is 1. The summed E-state index contributed by atoms with van der Waals surface area (Å²) in [5.74, 6) is 0.364. The lowest BCUT2D eigenvalue weighted by atomic mass is 9.88. The minimum absolute atomic E-state index is 0.172. The van der Waals surface area contributed by atoms with Crippen LogP contribution in [0.2, 0.25) is 0 Å². The van der Waals surface area contributed by atoms with E-state index >= 15 is 0 Å². The van der Waals surface area contributed by atoms with Crippen molar-refractivity contribution in [2.75, 3.05) is 13.2 Å². The normalized spacial score (nSPS) is 31.8. The second kappa shape index (κ2) is 4.94. The van der Waals surface area contributed by atoms with Gasteiger partial charge in [-0.15, -0.1) is 0 Å². The highest BCUT2D eigenvalue weighted by Gasteiger charge is 2.42. The van der Waals surface area contributed by atoms with E-state index in [-0.39, 0.29) is 17.4 Å². The lowest BCUT2D eigenvalue weighted by Gasteiger charge is -2.27. The number of nitrogens with one attached hydrogen (secondary N) is 2. The largest absolute Gasteiger partial charge is 0.374 e. The van der Waals surface area contributed by atoms with Crippen molar-refractivity contribution in [1.29, 1.82) is 0 Å². The van der Waals surface area contributed by atoms with Crippen molar-refractivity contribution >= 4 is 5.91 Å². The van der Waals surface area contributed by atoms with Crippen molar-refractivity contribution in [3.05, 3.63) is 0 Å². The van der Waals surface area contributed by atoms with Gasteiger partial charge in [-0.3, -0.25) is 4.79 Å². The number of amides is 1. The van der Waals surface area contributed by atoms with Crippen LogP contribution in [0.1, 0.15) is 40.0 Å². The van der Waals surface area contributed by atoms with Gasteiger partial charge in [0.1, 0.15) is 0 Å². The van der Waals surface area contributed by atoms with E-state index in [9.17, 15) is 4.79 Å². The molecule has 0 radical (unpaired) electrons. The van der Waals surface area contributed by atoms with Gasteiger partial charge in [-0.2, -0.15) is 0 Å². The van der Waals surface area contributed by atoms with Gasteiger partial charge in [0.05, 0.1) is 11.5 Å². The number of rotatable bonds is 5. The van der Waals surface area contributed by atoms with Gasteiger partial charge in [0.25, 0.3) is 0 Å². The molecule has 0 spiro atoms.